The maximum absolute atomic E-state index is 12.9. The van der Waals surface area contributed by atoms with Gasteiger partial charge in [0.2, 0.25) is 0 Å². The van der Waals surface area contributed by atoms with E-state index in [-0.39, 0.29) is 5.91 Å². The number of ether oxygens (including phenoxy) is 1. The summed E-state index contributed by atoms with van der Waals surface area (Å²) in [4.78, 5) is 25.3. The van der Waals surface area contributed by atoms with Crippen LogP contribution in [0.5, 0.6) is 5.75 Å². The zero-order chi connectivity index (χ0) is 19.6. The minimum atomic E-state index is -0.221. The lowest BCUT2D eigenvalue weighted by Gasteiger charge is -2.20. The molecule has 0 aliphatic heterocycles. The van der Waals surface area contributed by atoms with E-state index in [1.807, 2.05) is 6.92 Å². The monoisotopic (exact) mass is 404 g/mol. The maximum Gasteiger partial charge on any atom is 0.266 e. The topological polar surface area (TPSA) is 67.4 Å². The van der Waals surface area contributed by atoms with Crippen molar-refractivity contribution in [1.82, 2.24) is 9.97 Å². The molecular weight excluding hydrogens is 384 g/mol. The van der Waals surface area contributed by atoms with Gasteiger partial charge in [-0.1, -0.05) is 11.6 Å². The summed E-state index contributed by atoms with van der Waals surface area (Å²) in [6.07, 6.45) is 1.55. The minimum Gasteiger partial charge on any atom is -0.495 e. The van der Waals surface area contributed by atoms with E-state index in [2.05, 4.69) is 34.0 Å². The van der Waals surface area contributed by atoms with Crippen LogP contribution in [-0.4, -0.2) is 36.1 Å². The van der Waals surface area contributed by atoms with Gasteiger partial charge in [0, 0.05) is 18.1 Å². The molecule has 2 heterocycles. The maximum atomic E-state index is 12.9. The number of carbonyl (C=O) groups is 1. The molecule has 3 aromatic rings. The van der Waals surface area contributed by atoms with Crippen molar-refractivity contribution in [3.05, 3.63) is 40.0 Å². The number of carbonyl (C=O) groups excluding carboxylic acids is 1. The van der Waals surface area contributed by atoms with Gasteiger partial charge in [0.15, 0.2) is 0 Å². The molecule has 3 rings (SSSR count). The van der Waals surface area contributed by atoms with Crippen molar-refractivity contribution < 1.29 is 9.53 Å². The SMILES string of the molecule is CCN(CC)c1ncnc2sc(C(=O)Nc3cc(Cl)ccc3OC)c(C)c12. The highest BCUT2D eigenvalue weighted by Gasteiger charge is 2.22. The number of amides is 1. The number of hydrogen-bond donors (Lipinski definition) is 1. The van der Waals surface area contributed by atoms with Crippen molar-refractivity contribution in [1.29, 1.82) is 0 Å². The number of anilines is 2. The van der Waals surface area contributed by atoms with Crippen molar-refractivity contribution in [2.24, 2.45) is 0 Å². The molecule has 0 spiro atoms. The molecule has 0 aliphatic carbocycles. The third-order valence-corrected chi connectivity index (χ3v) is 5.82. The van der Waals surface area contributed by atoms with Gasteiger partial charge < -0.3 is 15.0 Å². The first-order valence-corrected chi connectivity index (χ1v) is 9.83. The fraction of sp³-hybridized carbons (Fsp3) is 0.316. The molecule has 0 unspecified atom stereocenters. The predicted octanol–water partition coefficient (Wildman–Crippen LogP) is 4.76. The van der Waals surface area contributed by atoms with Gasteiger partial charge in [-0.15, -0.1) is 11.3 Å². The molecule has 0 fully saturated rings. The number of nitrogens with one attached hydrogen (secondary N) is 1. The second-order valence-corrected chi connectivity index (χ2v) is 7.34. The van der Waals surface area contributed by atoms with E-state index in [0.717, 1.165) is 34.7 Å². The normalized spacial score (nSPS) is 10.9. The van der Waals surface area contributed by atoms with Gasteiger partial charge in [-0.05, 0) is 44.5 Å². The molecule has 1 N–H and O–H groups in total. The van der Waals surface area contributed by atoms with Crippen LogP contribution in [0.4, 0.5) is 11.5 Å². The Labute approximate surface area is 167 Å². The molecule has 1 amide bonds. The van der Waals surface area contributed by atoms with Crippen molar-refractivity contribution >= 4 is 50.6 Å². The van der Waals surface area contributed by atoms with Crippen molar-refractivity contribution in [3.8, 4) is 5.75 Å². The fourth-order valence-corrected chi connectivity index (χ4v) is 4.20. The van der Waals surface area contributed by atoms with Gasteiger partial charge in [-0.2, -0.15) is 0 Å². The summed E-state index contributed by atoms with van der Waals surface area (Å²) in [7, 11) is 1.55. The molecule has 1 aromatic carbocycles. The first-order valence-electron chi connectivity index (χ1n) is 8.64. The van der Waals surface area contributed by atoms with Crippen LogP contribution in [0.25, 0.3) is 10.2 Å². The lowest BCUT2D eigenvalue weighted by molar-refractivity contribution is 0.102. The molecule has 142 valence electrons. The summed E-state index contributed by atoms with van der Waals surface area (Å²) < 4.78 is 5.31. The summed E-state index contributed by atoms with van der Waals surface area (Å²) in [6, 6.07) is 5.11. The number of nitrogens with zero attached hydrogens (tertiary/aromatic N) is 3. The lowest BCUT2D eigenvalue weighted by atomic mass is 10.2. The fourth-order valence-electron chi connectivity index (χ4n) is 2.99. The largest absolute Gasteiger partial charge is 0.495 e. The Kier molecular flexibility index (Phi) is 5.82. The summed E-state index contributed by atoms with van der Waals surface area (Å²) in [5.41, 5.74) is 1.40. The highest BCUT2D eigenvalue weighted by Crippen LogP contribution is 2.36. The second kappa shape index (κ2) is 8.10. The van der Waals surface area contributed by atoms with Crippen LogP contribution in [-0.2, 0) is 0 Å². The van der Waals surface area contributed by atoms with E-state index >= 15 is 0 Å². The lowest BCUT2D eigenvalue weighted by Crippen LogP contribution is -2.23. The van der Waals surface area contributed by atoms with E-state index in [1.165, 1.54) is 11.3 Å². The molecule has 0 bridgehead atoms. The molecule has 8 heteroatoms. The minimum absolute atomic E-state index is 0.221. The smallest absolute Gasteiger partial charge is 0.266 e. The number of aromatic nitrogens is 2. The number of rotatable bonds is 6. The average molecular weight is 405 g/mol. The first kappa shape index (κ1) is 19.4. The molecular formula is C19H21ClN4O2S. The van der Waals surface area contributed by atoms with Crippen LogP contribution in [0.2, 0.25) is 5.02 Å². The molecule has 0 saturated heterocycles. The Morgan fingerprint density at radius 2 is 2.04 bits per heavy atom. The van der Waals surface area contributed by atoms with E-state index in [9.17, 15) is 4.79 Å². The Morgan fingerprint density at radius 1 is 1.30 bits per heavy atom. The van der Waals surface area contributed by atoms with Gasteiger partial charge in [0.25, 0.3) is 5.91 Å². The molecule has 0 aliphatic rings. The van der Waals surface area contributed by atoms with E-state index in [4.69, 9.17) is 16.3 Å². The standard InChI is InChI=1S/C19H21ClN4O2S/c1-5-24(6-2)17-15-11(3)16(27-19(15)22-10-21-17)18(25)23-13-9-12(20)7-8-14(13)26-4/h7-10H,5-6H2,1-4H3,(H,23,25). The van der Waals surface area contributed by atoms with Crippen molar-refractivity contribution in [3.63, 3.8) is 0 Å². The number of methoxy groups -OCH3 is 1. The quantitative estimate of drug-likeness (QED) is 0.641. The van der Waals surface area contributed by atoms with E-state index in [0.29, 0.717) is 21.3 Å². The summed E-state index contributed by atoms with van der Waals surface area (Å²) in [6.45, 7) is 7.76. The van der Waals surface area contributed by atoms with Crippen LogP contribution in [0.15, 0.2) is 24.5 Å². The third kappa shape index (κ3) is 3.70. The number of fused-ring (bicyclic) bond motifs is 1. The number of hydrogen-bond acceptors (Lipinski definition) is 6. The van der Waals surface area contributed by atoms with Gasteiger partial charge in [0.05, 0.1) is 23.1 Å². The summed E-state index contributed by atoms with van der Waals surface area (Å²) in [5, 5.41) is 4.34. The highest BCUT2D eigenvalue weighted by atomic mass is 35.5. The zero-order valence-corrected chi connectivity index (χ0v) is 17.2. The molecule has 27 heavy (non-hydrogen) atoms. The Hall–Kier alpha value is -2.38. The van der Waals surface area contributed by atoms with Crippen molar-refractivity contribution in [2.75, 3.05) is 30.4 Å². The van der Waals surface area contributed by atoms with Crippen LogP contribution in [0, 0.1) is 6.92 Å². The number of benzene rings is 1. The van der Waals surface area contributed by atoms with Gasteiger partial charge in [-0.25, -0.2) is 9.97 Å². The number of thiophene rings is 1. The predicted molar refractivity (Wildman–Crippen MR) is 112 cm³/mol. The molecule has 0 radical (unpaired) electrons. The van der Waals surface area contributed by atoms with Gasteiger partial charge in [-0.3, -0.25) is 4.79 Å². The molecule has 0 saturated carbocycles. The molecule has 0 atom stereocenters. The highest BCUT2D eigenvalue weighted by molar-refractivity contribution is 7.20. The van der Waals surface area contributed by atoms with Crippen LogP contribution < -0.4 is 15.0 Å². The van der Waals surface area contributed by atoms with E-state index in [1.54, 1.807) is 31.6 Å². The molecule has 6 nitrogen and oxygen atoms in total. The number of halogens is 1. The van der Waals surface area contributed by atoms with Crippen LogP contribution in [0.3, 0.4) is 0 Å². The Morgan fingerprint density at radius 3 is 2.70 bits per heavy atom. The zero-order valence-electron chi connectivity index (χ0n) is 15.7. The third-order valence-electron chi connectivity index (χ3n) is 4.39. The van der Waals surface area contributed by atoms with Gasteiger partial charge >= 0.3 is 0 Å². The second-order valence-electron chi connectivity index (χ2n) is 5.90. The first-order chi connectivity index (χ1) is 13.0. The van der Waals surface area contributed by atoms with Crippen LogP contribution >= 0.6 is 22.9 Å². The molecule has 2 aromatic heterocycles. The van der Waals surface area contributed by atoms with Gasteiger partial charge in [0.1, 0.15) is 22.7 Å². The average Bonchev–Trinajstić information content (AvgIpc) is 3.00. The number of aryl methyl sites for hydroxylation is 1. The Balaban J connectivity index is 2.03. The summed E-state index contributed by atoms with van der Waals surface area (Å²) >= 11 is 7.42. The van der Waals surface area contributed by atoms with E-state index < -0.39 is 0 Å². The Bertz CT molecular complexity index is 985. The van der Waals surface area contributed by atoms with Crippen molar-refractivity contribution in [2.45, 2.75) is 20.8 Å². The van der Waals surface area contributed by atoms with Crippen LogP contribution in [0.1, 0.15) is 29.1 Å². The summed E-state index contributed by atoms with van der Waals surface area (Å²) in [5.74, 6) is 1.19.